The van der Waals surface area contributed by atoms with Gasteiger partial charge in [-0.1, -0.05) is 0 Å². The molecule has 0 aliphatic carbocycles. The molecular formula is MgO3P+. The summed E-state index contributed by atoms with van der Waals surface area (Å²) in [5.74, 6) is 0. The number of hydrogen-bond acceptors (Lipinski definition) is 3. The van der Waals surface area contributed by atoms with Gasteiger partial charge < -0.3 is 4.89 Å². The first kappa shape index (κ1) is 9.16. The van der Waals surface area contributed by atoms with Gasteiger partial charge in [-0.2, -0.15) is 0 Å². The van der Waals surface area contributed by atoms with Gasteiger partial charge in [0.15, 0.2) is 0 Å². The van der Waals surface area contributed by atoms with E-state index in [-0.39, 0.29) is 23.1 Å². The normalized spacial score (nSPS) is 5.00. The summed E-state index contributed by atoms with van der Waals surface area (Å²) in [4.78, 5) is 8.48. The third kappa shape index (κ3) is 81.4. The van der Waals surface area contributed by atoms with Gasteiger partial charge in [0, 0.05) is 0 Å². The van der Waals surface area contributed by atoms with E-state index >= 15 is 0 Å². The van der Waals surface area contributed by atoms with Crippen molar-refractivity contribution >= 4 is 31.0 Å². The molecule has 5 heteroatoms. The summed E-state index contributed by atoms with van der Waals surface area (Å²) in [6.07, 6.45) is 0. The van der Waals surface area contributed by atoms with Crippen LogP contribution >= 0.6 is 7.91 Å². The average molecular weight is 103 g/mol. The van der Waals surface area contributed by atoms with Gasteiger partial charge in [0.25, 0.3) is 0 Å². The van der Waals surface area contributed by atoms with E-state index in [2.05, 4.69) is 0 Å². The standard InChI is InChI=1S/Mg.HO3P/c;1-4(2)3/h;(H,1,2,3)/q+2;/p-1. The quantitative estimate of drug-likeness (QED) is 0.293. The summed E-state index contributed by atoms with van der Waals surface area (Å²) in [6, 6.07) is 0. The van der Waals surface area contributed by atoms with Crippen molar-refractivity contribution in [2.45, 2.75) is 0 Å². The minimum atomic E-state index is -3.37. The summed E-state index contributed by atoms with van der Waals surface area (Å²) >= 11 is 0. The van der Waals surface area contributed by atoms with Gasteiger partial charge in [0.1, 0.15) is 0 Å². The third-order valence-electron chi connectivity index (χ3n) is 0. The molecule has 0 radical (unpaired) electrons. The topological polar surface area (TPSA) is 57.2 Å². The minimum Gasteiger partial charge on any atom is -0.744 e. The predicted molar refractivity (Wildman–Crippen MR) is 14.0 cm³/mol. The molecule has 24 valence electrons. The Balaban J connectivity index is 0. The molecule has 0 aromatic rings. The van der Waals surface area contributed by atoms with Crippen LogP contribution in [0.25, 0.3) is 0 Å². The van der Waals surface area contributed by atoms with Gasteiger partial charge in [0.2, 0.25) is 7.91 Å². The Labute approximate surface area is 45.4 Å². The number of rotatable bonds is 0. The van der Waals surface area contributed by atoms with E-state index in [1.807, 2.05) is 0 Å². The zero-order chi connectivity index (χ0) is 3.58. The first-order valence-corrected chi connectivity index (χ1v) is 1.64. The van der Waals surface area contributed by atoms with Crippen LogP contribution in [0.3, 0.4) is 0 Å². The molecule has 0 N–H and O–H groups in total. The minimum absolute atomic E-state index is 0. The molecule has 0 amide bonds. The Hall–Kier alpha value is 0.626. The summed E-state index contributed by atoms with van der Waals surface area (Å²) in [5.41, 5.74) is 0. The Morgan fingerprint density at radius 1 is 1.40 bits per heavy atom. The molecule has 0 bridgehead atoms. The van der Waals surface area contributed by atoms with Gasteiger partial charge in [-0.15, -0.1) is 0 Å². The van der Waals surface area contributed by atoms with Crippen LogP contribution < -0.4 is 4.89 Å². The molecule has 5 heavy (non-hydrogen) atoms. The van der Waals surface area contributed by atoms with Crippen LogP contribution in [0.5, 0.6) is 0 Å². The molecule has 0 fully saturated rings. The van der Waals surface area contributed by atoms with Gasteiger partial charge in [0.05, 0.1) is 0 Å². The molecular weight excluding hydrogens is 103 g/mol. The van der Waals surface area contributed by atoms with Crippen LogP contribution in [-0.4, -0.2) is 23.1 Å². The van der Waals surface area contributed by atoms with Crippen molar-refractivity contribution in [3.63, 3.8) is 0 Å². The maximum atomic E-state index is 8.48. The van der Waals surface area contributed by atoms with Gasteiger partial charge in [-0.05, 0) is 0 Å². The largest absolute Gasteiger partial charge is 2.00 e. The van der Waals surface area contributed by atoms with E-state index in [1.54, 1.807) is 0 Å². The molecule has 0 saturated heterocycles. The molecule has 0 aliphatic rings. The van der Waals surface area contributed by atoms with Gasteiger partial charge in [-0.25, -0.2) is 0 Å². The third-order valence-corrected chi connectivity index (χ3v) is 0. The zero-order valence-corrected chi connectivity index (χ0v) is 4.69. The summed E-state index contributed by atoms with van der Waals surface area (Å²) in [5, 5.41) is 0. The molecule has 0 spiro atoms. The Morgan fingerprint density at radius 3 is 1.40 bits per heavy atom. The fourth-order valence-corrected chi connectivity index (χ4v) is 0. The van der Waals surface area contributed by atoms with Crippen LogP contribution in [0.15, 0.2) is 0 Å². The van der Waals surface area contributed by atoms with Crippen LogP contribution in [0.2, 0.25) is 0 Å². The maximum Gasteiger partial charge on any atom is 2.00 e. The monoisotopic (exact) mass is 103 g/mol. The van der Waals surface area contributed by atoms with Crippen molar-refractivity contribution in [2.24, 2.45) is 0 Å². The van der Waals surface area contributed by atoms with Crippen LogP contribution in [-0.2, 0) is 9.13 Å². The van der Waals surface area contributed by atoms with E-state index in [9.17, 15) is 0 Å². The second-order valence-corrected chi connectivity index (χ2v) is 0.671. The second-order valence-electron chi connectivity index (χ2n) is 0.224. The fraction of sp³-hybridized carbons (Fsp3) is 0. The molecule has 0 aliphatic heterocycles. The predicted octanol–water partition coefficient (Wildman–Crippen LogP) is -0.946. The molecule has 0 unspecified atom stereocenters. The van der Waals surface area contributed by atoms with Crippen LogP contribution in [0, 0.1) is 0 Å². The van der Waals surface area contributed by atoms with Crippen molar-refractivity contribution in [1.82, 2.24) is 0 Å². The smallest absolute Gasteiger partial charge is 0.744 e. The Kier molecular flexibility index (Phi) is 8.47. The first-order chi connectivity index (χ1) is 1.73. The van der Waals surface area contributed by atoms with Crippen LogP contribution in [0.1, 0.15) is 0 Å². The van der Waals surface area contributed by atoms with Crippen molar-refractivity contribution in [2.75, 3.05) is 0 Å². The van der Waals surface area contributed by atoms with E-state index in [0.717, 1.165) is 0 Å². The zero-order valence-electron chi connectivity index (χ0n) is 2.38. The molecule has 0 saturated carbocycles. The summed E-state index contributed by atoms with van der Waals surface area (Å²) in [7, 11) is -3.37. The van der Waals surface area contributed by atoms with Gasteiger partial charge >= 0.3 is 23.1 Å². The van der Waals surface area contributed by atoms with E-state index < -0.39 is 7.91 Å². The van der Waals surface area contributed by atoms with Crippen molar-refractivity contribution in [3.8, 4) is 0 Å². The first-order valence-electron chi connectivity index (χ1n) is 0.548. The molecule has 0 atom stereocenters. The van der Waals surface area contributed by atoms with Gasteiger partial charge in [-0.3, -0.25) is 9.13 Å². The summed E-state index contributed by atoms with van der Waals surface area (Å²) < 4.78 is 17.0. The Morgan fingerprint density at radius 2 is 1.40 bits per heavy atom. The molecule has 0 rings (SSSR count). The van der Waals surface area contributed by atoms with Crippen LogP contribution in [0.4, 0.5) is 0 Å². The van der Waals surface area contributed by atoms with E-state index in [4.69, 9.17) is 14.0 Å². The van der Waals surface area contributed by atoms with Crippen molar-refractivity contribution in [3.05, 3.63) is 0 Å². The number of hydrogen-bond donors (Lipinski definition) is 0. The van der Waals surface area contributed by atoms with Crippen molar-refractivity contribution < 1.29 is 14.0 Å². The summed E-state index contributed by atoms with van der Waals surface area (Å²) in [6.45, 7) is 0. The SMILES string of the molecule is O=P(=O)[O-].[Mg+2]. The fourth-order valence-electron chi connectivity index (χ4n) is 0. The molecule has 3 nitrogen and oxygen atoms in total. The Bertz CT molecular complexity index is 55.3. The maximum absolute atomic E-state index is 8.48. The second kappa shape index (κ2) is 4.63. The average Bonchev–Trinajstić information content (AvgIpc) is 0.811. The van der Waals surface area contributed by atoms with Crippen molar-refractivity contribution in [1.29, 1.82) is 0 Å². The van der Waals surface area contributed by atoms with E-state index in [0.29, 0.717) is 0 Å². The molecule has 0 aromatic heterocycles. The molecule has 0 aromatic carbocycles. The molecule has 0 heterocycles. The van der Waals surface area contributed by atoms with E-state index in [1.165, 1.54) is 0 Å².